The van der Waals surface area contributed by atoms with Gasteiger partial charge in [0.2, 0.25) is 5.89 Å². The molecule has 1 aromatic carbocycles. The molecule has 5 nitrogen and oxygen atoms in total. The standard InChI is InChI=1S/C17H16N2O3/c1-20-16-7-5-13(6-8-16)17-19-15(12-22-17)11-21-10-14-4-2-3-9-18-14/h2-9,12H,10-11H2,1H3. The largest absolute Gasteiger partial charge is 0.497 e. The highest BCUT2D eigenvalue weighted by atomic mass is 16.5. The molecule has 0 saturated heterocycles. The Morgan fingerprint density at radius 3 is 2.55 bits per heavy atom. The number of oxazole rings is 1. The van der Waals surface area contributed by atoms with E-state index < -0.39 is 0 Å². The van der Waals surface area contributed by atoms with Crippen molar-refractivity contribution in [2.75, 3.05) is 7.11 Å². The van der Waals surface area contributed by atoms with Crippen molar-refractivity contribution in [1.29, 1.82) is 0 Å². The SMILES string of the molecule is COc1ccc(-c2nc(COCc3ccccn3)co2)cc1. The summed E-state index contributed by atoms with van der Waals surface area (Å²) in [5.74, 6) is 1.37. The molecule has 2 heterocycles. The summed E-state index contributed by atoms with van der Waals surface area (Å²) in [6.07, 6.45) is 3.36. The molecule has 0 spiro atoms. The lowest BCUT2D eigenvalue weighted by molar-refractivity contribution is 0.102. The van der Waals surface area contributed by atoms with Crippen molar-refractivity contribution in [1.82, 2.24) is 9.97 Å². The Morgan fingerprint density at radius 2 is 1.82 bits per heavy atom. The normalized spacial score (nSPS) is 10.6. The molecule has 3 aromatic rings. The summed E-state index contributed by atoms with van der Waals surface area (Å²) >= 11 is 0. The van der Waals surface area contributed by atoms with Crippen LogP contribution in [-0.2, 0) is 18.0 Å². The molecule has 0 aliphatic rings. The zero-order valence-corrected chi connectivity index (χ0v) is 12.2. The first-order valence-corrected chi connectivity index (χ1v) is 6.91. The summed E-state index contributed by atoms with van der Waals surface area (Å²) in [7, 11) is 1.64. The van der Waals surface area contributed by atoms with E-state index in [1.807, 2.05) is 42.5 Å². The Bertz CT molecular complexity index is 708. The Balaban J connectivity index is 1.58. The third kappa shape index (κ3) is 3.51. The molecule has 0 fully saturated rings. The Hall–Kier alpha value is -2.66. The minimum absolute atomic E-state index is 0.385. The van der Waals surface area contributed by atoms with E-state index in [-0.39, 0.29) is 0 Å². The van der Waals surface area contributed by atoms with E-state index in [9.17, 15) is 0 Å². The van der Waals surface area contributed by atoms with Crippen LogP contribution in [0.15, 0.2) is 59.3 Å². The molecular weight excluding hydrogens is 280 g/mol. The molecule has 0 atom stereocenters. The fraction of sp³-hybridized carbons (Fsp3) is 0.176. The smallest absolute Gasteiger partial charge is 0.226 e. The number of aromatic nitrogens is 2. The average molecular weight is 296 g/mol. The number of benzene rings is 1. The zero-order valence-electron chi connectivity index (χ0n) is 12.2. The third-order valence-electron chi connectivity index (χ3n) is 3.11. The second-order valence-corrected chi connectivity index (χ2v) is 4.69. The maximum absolute atomic E-state index is 5.59. The van der Waals surface area contributed by atoms with Crippen LogP contribution in [0, 0.1) is 0 Å². The third-order valence-corrected chi connectivity index (χ3v) is 3.11. The van der Waals surface area contributed by atoms with Crippen molar-refractivity contribution in [3.05, 3.63) is 66.3 Å². The summed E-state index contributed by atoms with van der Waals surface area (Å²) in [5.41, 5.74) is 2.54. The first kappa shape index (κ1) is 14.3. The molecule has 2 aromatic heterocycles. The summed E-state index contributed by atoms with van der Waals surface area (Å²) in [5, 5.41) is 0. The molecule has 112 valence electrons. The van der Waals surface area contributed by atoms with Crippen molar-refractivity contribution in [2.45, 2.75) is 13.2 Å². The highest BCUT2D eigenvalue weighted by Crippen LogP contribution is 2.22. The second kappa shape index (κ2) is 6.87. The maximum Gasteiger partial charge on any atom is 0.226 e. The van der Waals surface area contributed by atoms with Crippen molar-refractivity contribution < 1.29 is 13.9 Å². The van der Waals surface area contributed by atoms with Gasteiger partial charge in [0, 0.05) is 11.8 Å². The molecule has 0 aliphatic carbocycles. The predicted molar refractivity (Wildman–Crippen MR) is 81.2 cm³/mol. The van der Waals surface area contributed by atoms with Crippen LogP contribution in [0.3, 0.4) is 0 Å². The molecule has 0 N–H and O–H groups in total. The van der Waals surface area contributed by atoms with Gasteiger partial charge in [0.05, 0.1) is 26.0 Å². The Kier molecular flexibility index (Phi) is 4.46. The monoisotopic (exact) mass is 296 g/mol. The minimum atomic E-state index is 0.385. The van der Waals surface area contributed by atoms with E-state index >= 15 is 0 Å². The van der Waals surface area contributed by atoms with Gasteiger partial charge >= 0.3 is 0 Å². The van der Waals surface area contributed by atoms with Crippen molar-refractivity contribution in [2.24, 2.45) is 0 Å². The topological polar surface area (TPSA) is 57.4 Å². The van der Waals surface area contributed by atoms with Gasteiger partial charge in [0.25, 0.3) is 0 Å². The van der Waals surface area contributed by atoms with E-state index in [2.05, 4.69) is 9.97 Å². The molecule has 0 radical (unpaired) electrons. The van der Waals surface area contributed by atoms with Gasteiger partial charge in [-0.05, 0) is 36.4 Å². The van der Waals surface area contributed by atoms with Gasteiger partial charge in [-0.2, -0.15) is 0 Å². The van der Waals surface area contributed by atoms with Crippen LogP contribution in [0.2, 0.25) is 0 Å². The van der Waals surface area contributed by atoms with Crippen LogP contribution < -0.4 is 4.74 Å². The van der Waals surface area contributed by atoms with Gasteiger partial charge in [0.15, 0.2) is 0 Å². The minimum Gasteiger partial charge on any atom is -0.497 e. The van der Waals surface area contributed by atoms with E-state index in [4.69, 9.17) is 13.9 Å². The number of nitrogens with zero attached hydrogens (tertiary/aromatic N) is 2. The van der Waals surface area contributed by atoms with Gasteiger partial charge < -0.3 is 13.9 Å². The lowest BCUT2D eigenvalue weighted by atomic mass is 10.2. The van der Waals surface area contributed by atoms with E-state index in [1.54, 1.807) is 19.6 Å². The highest BCUT2D eigenvalue weighted by molar-refractivity contribution is 5.54. The molecule has 0 aliphatic heterocycles. The van der Waals surface area contributed by atoms with Crippen molar-refractivity contribution in [3.63, 3.8) is 0 Å². The average Bonchev–Trinajstić information content (AvgIpc) is 3.05. The maximum atomic E-state index is 5.59. The number of hydrogen-bond acceptors (Lipinski definition) is 5. The van der Waals surface area contributed by atoms with Gasteiger partial charge in [-0.25, -0.2) is 4.98 Å². The first-order valence-electron chi connectivity index (χ1n) is 6.91. The predicted octanol–water partition coefficient (Wildman–Crippen LogP) is 3.46. The van der Waals surface area contributed by atoms with Crippen LogP contribution in [0.1, 0.15) is 11.4 Å². The number of methoxy groups -OCH3 is 1. The van der Waals surface area contributed by atoms with Gasteiger partial charge in [0.1, 0.15) is 17.7 Å². The first-order chi connectivity index (χ1) is 10.8. The number of pyridine rings is 1. The Morgan fingerprint density at radius 1 is 1.00 bits per heavy atom. The molecule has 5 heteroatoms. The van der Waals surface area contributed by atoms with Crippen LogP contribution >= 0.6 is 0 Å². The van der Waals surface area contributed by atoms with E-state index in [1.165, 1.54) is 0 Å². The van der Waals surface area contributed by atoms with Crippen LogP contribution in [-0.4, -0.2) is 17.1 Å². The summed E-state index contributed by atoms with van der Waals surface area (Å²) in [4.78, 5) is 8.61. The van der Waals surface area contributed by atoms with Gasteiger partial charge in [-0.15, -0.1) is 0 Å². The van der Waals surface area contributed by atoms with Crippen LogP contribution in [0.25, 0.3) is 11.5 Å². The second-order valence-electron chi connectivity index (χ2n) is 4.69. The van der Waals surface area contributed by atoms with Crippen molar-refractivity contribution >= 4 is 0 Å². The highest BCUT2D eigenvalue weighted by Gasteiger charge is 2.07. The number of ether oxygens (including phenoxy) is 2. The number of rotatable bonds is 6. The quantitative estimate of drug-likeness (QED) is 0.697. The molecular formula is C17H16N2O3. The molecule has 22 heavy (non-hydrogen) atoms. The summed E-state index contributed by atoms with van der Waals surface area (Å²) in [6, 6.07) is 13.3. The molecule has 0 amide bonds. The Labute approximate surface area is 128 Å². The fourth-order valence-corrected chi connectivity index (χ4v) is 1.98. The van der Waals surface area contributed by atoms with Crippen LogP contribution in [0.5, 0.6) is 5.75 Å². The lowest BCUT2D eigenvalue weighted by Gasteiger charge is -2.01. The fourth-order valence-electron chi connectivity index (χ4n) is 1.98. The molecule has 0 unspecified atom stereocenters. The summed E-state index contributed by atoms with van der Waals surface area (Å²) in [6.45, 7) is 0.835. The number of hydrogen-bond donors (Lipinski definition) is 0. The van der Waals surface area contributed by atoms with Gasteiger partial charge in [-0.1, -0.05) is 6.07 Å². The molecule has 0 bridgehead atoms. The summed E-state index contributed by atoms with van der Waals surface area (Å²) < 4.78 is 16.2. The van der Waals surface area contributed by atoms with Gasteiger partial charge in [-0.3, -0.25) is 4.98 Å². The van der Waals surface area contributed by atoms with Crippen LogP contribution in [0.4, 0.5) is 0 Å². The zero-order chi connectivity index (χ0) is 15.2. The lowest BCUT2D eigenvalue weighted by Crippen LogP contribution is -1.96. The molecule has 3 rings (SSSR count). The van der Waals surface area contributed by atoms with E-state index in [0.717, 1.165) is 22.7 Å². The van der Waals surface area contributed by atoms with Crippen molar-refractivity contribution in [3.8, 4) is 17.2 Å². The van der Waals surface area contributed by atoms with E-state index in [0.29, 0.717) is 19.1 Å². The molecule has 0 saturated carbocycles.